The van der Waals surface area contributed by atoms with Crippen molar-refractivity contribution in [2.45, 2.75) is 6.42 Å². The molecule has 0 unspecified atom stereocenters. The molecule has 2 aromatic heterocycles. The number of thiazole rings is 1. The molecule has 0 saturated carbocycles. The van der Waals surface area contributed by atoms with Gasteiger partial charge in [0.05, 0.1) is 17.8 Å². The smallest absolute Gasteiger partial charge is 0.228 e. The minimum Gasteiger partial charge on any atom is -0.326 e. The van der Waals surface area contributed by atoms with Crippen LogP contribution < -0.4 is 5.32 Å². The van der Waals surface area contributed by atoms with Crippen LogP contribution in [0, 0.1) is 0 Å². The molecule has 4 nitrogen and oxygen atoms in total. The summed E-state index contributed by atoms with van der Waals surface area (Å²) in [6, 6.07) is 23.2. The number of benzene rings is 2. The van der Waals surface area contributed by atoms with E-state index in [4.69, 9.17) is 0 Å². The lowest BCUT2D eigenvalue weighted by atomic mass is 10.1. The van der Waals surface area contributed by atoms with E-state index in [9.17, 15) is 4.79 Å². The Morgan fingerprint density at radius 2 is 1.78 bits per heavy atom. The van der Waals surface area contributed by atoms with Crippen molar-refractivity contribution in [3.8, 4) is 22.0 Å². The quantitative estimate of drug-likeness (QED) is 0.534. The summed E-state index contributed by atoms with van der Waals surface area (Å²) < 4.78 is 0. The Labute approximate surface area is 161 Å². The van der Waals surface area contributed by atoms with Gasteiger partial charge in [0.15, 0.2) is 0 Å². The lowest BCUT2D eigenvalue weighted by Gasteiger charge is -2.07. The van der Waals surface area contributed by atoms with E-state index in [1.54, 1.807) is 17.5 Å². The van der Waals surface area contributed by atoms with Gasteiger partial charge in [0.25, 0.3) is 0 Å². The van der Waals surface area contributed by atoms with Gasteiger partial charge in [0.1, 0.15) is 5.01 Å². The van der Waals surface area contributed by atoms with Gasteiger partial charge in [0.2, 0.25) is 5.91 Å². The van der Waals surface area contributed by atoms with Crippen LogP contribution >= 0.6 is 11.3 Å². The zero-order valence-electron chi connectivity index (χ0n) is 14.5. The first kappa shape index (κ1) is 17.1. The highest BCUT2D eigenvalue weighted by atomic mass is 32.1. The van der Waals surface area contributed by atoms with Crippen LogP contribution in [0.1, 0.15) is 5.56 Å². The van der Waals surface area contributed by atoms with Crippen LogP contribution in [0.25, 0.3) is 22.0 Å². The number of anilines is 1. The van der Waals surface area contributed by atoms with Gasteiger partial charge in [-0.1, -0.05) is 48.5 Å². The fourth-order valence-corrected chi connectivity index (χ4v) is 3.56. The number of nitrogens with one attached hydrogen (secondary N) is 1. The predicted octanol–water partition coefficient (Wildman–Crippen LogP) is 5.05. The maximum atomic E-state index is 12.3. The number of carbonyl (C=O) groups is 1. The van der Waals surface area contributed by atoms with E-state index < -0.39 is 0 Å². The molecule has 27 heavy (non-hydrogen) atoms. The molecule has 0 aliphatic carbocycles. The largest absolute Gasteiger partial charge is 0.326 e. The maximum absolute atomic E-state index is 12.3. The molecule has 1 N–H and O–H groups in total. The van der Waals surface area contributed by atoms with Crippen molar-refractivity contribution in [1.29, 1.82) is 0 Å². The minimum atomic E-state index is -0.0363. The molecule has 0 radical (unpaired) electrons. The van der Waals surface area contributed by atoms with Crippen LogP contribution in [0.15, 0.2) is 84.4 Å². The lowest BCUT2D eigenvalue weighted by Crippen LogP contribution is -2.14. The van der Waals surface area contributed by atoms with E-state index in [1.807, 2.05) is 78.2 Å². The van der Waals surface area contributed by atoms with Crippen molar-refractivity contribution < 1.29 is 4.79 Å². The summed E-state index contributed by atoms with van der Waals surface area (Å²) in [4.78, 5) is 21.3. The normalized spacial score (nSPS) is 10.5. The second kappa shape index (κ2) is 7.93. The Bertz CT molecular complexity index is 1050. The molecule has 0 saturated heterocycles. The molecule has 0 aliphatic heterocycles. The summed E-state index contributed by atoms with van der Waals surface area (Å²) in [7, 11) is 0. The molecule has 4 rings (SSSR count). The van der Waals surface area contributed by atoms with Crippen molar-refractivity contribution in [3.05, 3.63) is 89.9 Å². The topological polar surface area (TPSA) is 54.9 Å². The molecule has 0 fully saturated rings. The summed E-state index contributed by atoms with van der Waals surface area (Å²) in [5.41, 5.74) is 4.46. The van der Waals surface area contributed by atoms with Crippen LogP contribution in [0.2, 0.25) is 0 Å². The van der Waals surface area contributed by atoms with Crippen LogP contribution in [-0.4, -0.2) is 15.9 Å². The number of rotatable bonds is 5. The van der Waals surface area contributed by atoms with Crippen molar-refractivity contribution in [3.63, 3.8) is 0 Å². The molecule has 132 valence electrons. The first-order valence-electron chi connectivity index (χ1n) is 8.59. The van der Waals surface area contributed by atoms with Crippen molar-refractivity contribution in [1.82, 2.24) is 9.97 Å². The molecule has 5 heteroatoms. The molecular formula is C22H17N3OS. The molecule has 0 bridgehead atoms. The molecule has 2 aromatic carbocycles. The van der Waals surface area contributed by atoms with Gasteiger partial charge in [0, 0.05) is 22.8 Å². The number of amides is 1. The Morgan fingerprint density at radius 1 is 0.926 bits per heavy atom. The summed E-state index contributed by atoms with van der Waals surface area (Å²) in [5, 5.41) is 5.85. The number of pyridine rings is 1. The molecule has 4 aromatic rings. The number of aromatic nitrogens is 2. The number of carbonyl (C=O) groups excluding carboxylic acids is 1. The SMILES string of the molecule is O=C(Cc1ccccc1)Nc1cccc(-c2csc(-c3ccccn3)n2)c1. The van der Waals surface area contributed by atoms with Gasteiger partial charge >= 0.3 is 0 Å². The molecular weight excluding hydrogens is 354 g/mol. The second-order valence-corrected chi connectivity index (χ2v) is 6.90. The van der Waals surface area contributed by atoms with Crippen LogP contribution in [-0.2, 0) is 11.2 Å². The highest BCUT2D eigenvalue weighted by Crippen LogP contribution is 2.28. The zero-order valence-corrected chi connectivity index (χ0v) is 15.3. The van der Waals surface area contributed by atoms with Crippen molar-refractivity contribution >= 4 is 22.9 Å². The maximum Gasteiger partial charge on any atom is 0.228 e. The zero-order chi connectivity index (χ0) is 18.5. The van der Waals surface area contributed by atoms with E-state index >= 15 is 0 Å². The Balaban J connectivity index is 1.49. The lowest BCUT2D eigenvalue weighted by molar-refractivity contribution is -0.115. The van der Waals surface area contributed by atoms with Crippen LogP contribution in [0.5, 0.6) is 0 Å². The summed E-state index contributed by atoms with van der Waals surface area (Å²) in [6.07, 6.45) is 2.12. The van der Waals surface area contributed by atoms with Gasteiger partial charge in [-0.25, -0.2) is 4.98 Å². The standard InChI is InChI=1S/C22H17N3OS/c26-21(13-16-7-2-1-3-8-16)24-18-10-6-9-17(14-18)20-15-27-22(25-20)19-11-4-5-12-23-19/h1-12,14-15H,13H2,(H,24,26). The Hall–Kier alpha value is -3.31. The number of hydrogen-bond donors (Lipinski definition) is 1. The molecule has 0 spiro atoms. The van der Waals surface area contributed by atoms with E-state index in [1.165, 1.54) is 0 Å². The molecule has 0 atom stereocenters. The fourth-order valence-electron chi connectivity index (χ4n) is 2.76. The highest BCUT2D eigenvalue weighted by molar-refractivity contribution is 7.13. The summed E-state index contributed by atoms with van der Waals surface area (Å²) >= 11 is 1.56. The Kier molecular flexibility index (Phi) is 5.03. The monoisotopic (exact) mass is 371 g/mol. The third-order valence-corrected chi connectivity index (χ3v) is 4.90. The second-order valence-electron chi connectivity index (χ2n) is 6.04. The third-order valence-electron chi connectivity index (χ3n) is 4.04. The van der Waals surface area contributed by atoms with E-state index in [2.05, 4.69) is 15.3 Å². The van der Waals surface area contributed by atoms with Crippen molar-refractivity contribution in [2.24, 2.45) is 0 Å². The van der Waals surface area contributed by atoms with E-state index in [-0.39, 0.29) is 5.91 Å². The number of nitrogens with zero attached hydrogens (tertiary/aromatic N) is 2. The fraction of sp³-hybridized carbons (Fsp3) is 0.0455. The van der Waals surface area contributed by atoms with E-state index in [0.29, 0.717) is 6.42 Å². The van der Waals surface area contributed by atoms with Crippen molar-refractivity contribution in [2.75, 3.05) is 5.32 Å². The molecule has 1 amide bonds. The van der Waals surface area contributed by atoms with Gasteiger partial charge in [-0.3, -0.25) is 9.78 Å². The Morgan fingerprint density at radius 3 is 2.59 bits per heavy atom. The summed E-state index contributed by atoms with van der Waals surface area (Å²) in [5.74, 6) is -0.0363. The highest BCUT2D eigenvalue weighted by Gasteiger charge is 2.09. The summed E-state index contributed by atoms with van der Waals surface area (Å²) in [6.45, 7) is 0. The molecule has 2 heterocycles. The van der Waals surface area contributed by atoms with Crippen LogP contribution in [0.4, 0.5) is 5.69 Å². The van der Waals surface area contributed by atoms with E-state index in [0.717, 1.165) is 33.2 Å². The minimum absolute atomic E-state index is 0.0363. The molecule has 0 aliphatic rings. The first-order valence-corrected chi connectivity index (χ1v) is 9.47. The number of hydrogen-bond acceptors (Lipinski definition) is 4. The van der Waals surface area contributed by atoms with Gasteiger partial charge < -0.3 is 5.32 Å². The van der Waals surface area contributed by atoms with Gasteiger partial charge in [-0.15, -0.1) is 11.3 Å². The van der Waals surface area contributed by atoms with Gasteiger partial charge in [-0.2, -0.15) is 0 Å². The average molecular weight is 371 g/mol. The first-order chi connectivity index (χ1) is 13.3. The third kappa shape index (κ3) is 4.27. The predicted molar refractivity (Wildman–Crippen MR) is 110 cm³/mol. The van der Waals surface area contributed by atoms with Crippen LogP contribution in [0.3, 0.4) is 0 Å². The average Bonchev–Trinajstić information content (AvgIpc) is 3.20. The van der Waals surface area contributed by atoms with Gasteiger partial charge in [-0.05, 0) is 29.8 Å².